The molecule has 1 atom stereocenters. The van der Waals surface area contributed by atoms with Crippen LogP contribution in [0.1, 0.15) is 24.8 Å². The molecule has 0 radical (unpaired) electrons. The number of amides is 1. The molecule has 1 unspecified atom stereocenters. The molecular formula is C21H25ClN2OS. The van der Waals surface area contributed by atoms with Crippen LogP contribution in [0.25, 0.3) is 0 Å². The van der Waals surface area contributed by atoms with Gasteiger partial charge >= 0.3 is 0 Å². The Morgan fingerprint density at radius 1 is 1.08 bits per heavy atom. The van der Waals surface area contributed by atoms with Crippen LogP contribution in [0.5, 0.6) is 0 Å². The molecule has 4 rings (SSSR count). The number of halogens is 1. The van der Waals surface area contributed by atoms with E-state index in [0.717, 1.165) is 32.4 Å². The summed E-state index contributed by atoms with van der Waals surface area (Å²) in [5, 5.41) is 6.58. The topological polar surface area (TPSA) is 41.1 Å². The Balaban J connectivity index is 0.00000196. The van der Waals surface area contributed by atoms with Crippen molar-refractivity contribution in [1.29, 1.82) is 0 Å². The Hall–Kier alpha value is -1.49. The molecule has 1 amide bonds. The van der Waals surface area contributed by atoms with Crippen LogP contribution >= 0.6 is 24.2 Å². The number of nitrogens with one attached hydrogen (secondary N) is 2. The van der Waals surface area contributed by atoms with Crippen LogP contribution in [0.15, 0.2) is 64.4 Å². The van der Waals surface area contributed by atoms with Crippen LogP contribution in [-0.2, 0) is 11.3 Å². The monoisotopic (exact) mass is 388 g/mol. The van der Waals surface area contributed by atoms with Gasteiger partial charge in [-0.3, -0.25) is 4.79 Å². The molecule has 2 N–H and O–H groups in total. The highest BCUT2D eigenvalue weighted by atomic mass is 35.5. The minimum atomic E-state index is 0. The van der Waals surface area contributed by atoms with Crippen molar-refractivity contribution >= 4 is 30.1 Å². The fraction of sp³-hybridized carbons (Fsp3) is 0.381. The highest BCUT2D eigenvalue weighted by Gasteiger charge is 2.57. The molecule has 1 aliphatic carbocycles. The van der Waals surface area contributed by atoms with Crippen LogP contribution in [0.2, 0.25) is 0 Å². The summed E-state index contributed by atoms with van der Waals surface area (Å²) in [4.78, 5) is 15.0. The molecule has 1 aliphatic heterocycles. The van der Waals surface area contributed by atoms with E-state index in [-0.39, 0.29) is 24.2 Å². The summed E-state index contributed by atoms with van der Waals surface area (Å²) < 4.78 is 0. The van der Waals surface area contributed by atoms with Gasteiger partial charge in [-0.15, -0.1) is 12.4 Å². The van der Waals surface area contributed by atoms with E-state index in [1.165, 1.54) is 15.4 Å². The smallest absolute Gasteiger partial charge is 0.223 e. The van der Waals surface area contributed by atoms with Crippen molar-refractivity contribution < 1.29 is 4.79 Å². The van der Waals surface area contributed by atoms with Gasteiger partial charge in [0.2, 0.25) is 5.91 Å². The van der Waals surface area contributed by atoms with Crippen LogP contribution < -0.4 is 10.6 Å². The summed E-state index contributed by atoms with van der Waals surface area (Å²) in [7, 11) is 0. The zero-order valence-corrected chi connectivity index (χ0v) is 16.4. The van der Waals surface area contributed by atoms with E-state index in [0.29, 0.717) is 12.0 Å². The van der Waals surface area contributed by atoms with Crippen molar-refractivity contribution in [3.63, 3.8) is 0 Å². The maximum absolute atomic E-state index is 12.6. The molecule has 1 heterocycles. The van der Waals surface area contributed by atoms with E-state index in [1.54, 1.807) is 11.8 Å². The minimum Gasteiger partial charge on any atom is -0.352 e. The summed E-state index contributed by atoms with van der Waals surface area (Å²) >= 11 is 1.75. The van der Waals surface area contributed by atoms with Gasteiger partial charge in [0.1, 0.15) is 0 Å². The van der Waals surface area contributed by atoms with Gasteiger partial charge in [0.15, 0.2) is 0 Å². The lowest BCUT2D eigenvalue weighted by Gasteiger charge is -2.23. The standard InChI is InChI=1S/C21H24N2OS.ClH/c24-20(18-14-21(18)10-12-22-13-11-21)23-15-16-6-4-5-9-19(16)25-17-7-2-1-3-8-17;/h1-9,18,22H,10-15H2,(H,23,24);1H. The fourth-order valence-corrected chi connectivity index (χ4v) is 4.83. The maximum Gasteiger partial charge on any atom is 0.223 e. The molecule has 1 saturated carbocycles. The van der Waals surface area contributed by atoms with Crippen LogP contribution in [-0.4, -0.2) is 19.0 Å². The highest BCUT2D eigenvalue weighted by molar-refractivity contribution is 7.99. The van der Waals surface area contributed by atoms with Crippen LogP contribution in [0.3, 0.4) is 0 Å². The molecule has 5 heteroatoms. The van der Waals surface area contributed by atoms with Gasteiger partial charge in [-0.25, -0.2) is 0 Å². The number of piperidine rings is 1. The quantitative estimate of drug-likeness (QED) is 0.803. The van der Waals surface area contributed by atoms with E-state index in [4.69, 9.17) is 0 Å². The van der Waals surface area contributed by atoms with Gasteiger partial charge in [0, 0.05) is 22.3 Å². The Morgan fingerprint density at radius 3 is 2.54 bits per heavy atom. The van der Waals surface area contributed by atoms with E-state index in [2.05, 4.69) is 53.1 Å². The van der Waals surface area contributed by atoms with E-state index in [1.807, 2.05) is 12.1 Å². The molecule has 1 spiro atoms. The van der Waals surface area contributed by atoms with Crippen LogP contribution in [0.4, 0.5) is 0 Å². The largest absolute Gasteiger partial charge is 0.352 e. The molecule has 2 aromatic rings. The first kappa shape index (κ1) is 19.3. The fourth-order valence-electron chi connectivity index (χ4n) is 3.87. The predicted octanol–water partition coefficient (Wildman–Crippen LogP) is 4.27. The maximum atomic E-state index is 12.6. The Bertz CT molecular complexity index is 747. The molecule has 1 saturated heterocycles. The number of rotatable bonds is 5. The lowest BCUT2D eigenvalue weighted by atomic mass is 9.92. The van der Waals surface area contributed by atoms with Gasteiger partial charge in [-0.1, -0.05) is 48.2 Å². The molecule has 2 aliphatic rings. The predicted molar refractivity (Wildman–Crippen MR) is 109 cm³/mol. The first-order chi connectivity index (χ1) is 12.3. The molecule has 2 aromatic carbocycles. The van der Waals surface area contributed by atoms with Crippen molar-refractivity contribution in [3.8, 4) is 0 Å². The SMILES string of the molecule is Cl.O=C(NCc1ccccc1Sc1ccccc1)C1CC12CCNCC2. The molecule has 26 heavy (non-hydrogen) atoms. The first-order valence-corrected chi connectivity index (χ1v) is 9.88. The Labute approximate surface area is 165 Å². The minimum absolute atomic E-state index is 0. The van der Waals surface area contributed by atoms with Gasteiger partial charge < -0.3 is 10.6 Å². The summed E-state index contributed by atoms with van der Waals surface area (Å²) in [6.45, 7) is 2.72. The van der Waals surface area contributed by atoms with E-state index >= 15 is 0 Å². The number of carbonyl (C=O) groups excluding carboxylic acids is 1. The Morgan fingerprint density at radius 2 is 1.77 bits per heavy atom. The van der Waals surface area contributed by atoms with Crippen molar-refractivity contribution in [2.24, 2.45) is 11.3 Å². The number of carbonyl (C=O) groups is 1. The van der Waals surface area contributed by atoms with Crippen molar-refractivity contribution in [2.75, 3.05) is 13.1 Å². The van der Waals surface area contributed by atoms with Crippen molar-refractivity contribution in [3.05, 3.63) is 60.2 Å². The second-order valence-electron chi connectivity index (χ2n) is 7.11. The lowest BCUT2D eigenvalue weighted by Crippen LogP contribution is -2.33. The number of hydrogen-bond donors (Lipinski definition) is 2. The summed E-state index contributed by atoms with van der Waals surface area (Å²) in [6, 6.07) is 18.7. The average molecular weight is 389 g/mol. The summed E-state index contributed by atoms with van der Waals surface area (Å²) in [5.41, 5.74) is 1.48. The molecule has 3 nitrogen and oxygen atoms in total. The first-order valence-electron chi connectivity index (χ1n) is 9.06. The number of hydrogen-bond acceptors (Lipinski definition) is 3. The van der Waals surface area contributed by atoms with Crippen molar-refractivity contribution in [2.45, 2.75) is 35.6 Å². The third kappa shape index (κ3) is 4.25. The van der Waals surface area contributed by atoms with E-state index in [9.17, 15) is 4.79 Å². The molecule has 0 aromatic heterocycles. The normalized spacial score (nSPS) is 20.2. The zero-order valence-electron chi connectivity index (χ0n) is 14.7. The van der Waals surface area contributed by atoms with Crippen LogP contribution in [0, 0.1) is 11.3 Å². The average Bonchev–Trinajstić information content (AvgIpc) is 3.35. The highest BCUT2D eigenvalue weighted by Crippen LogP contribution is 2.58. The summed E-state index contributed by atoms with van der Waals surface area (Å²) in [5.74, 6) is 0.463. The molecule has 0 bridgehead atoms. The van der Waals surface area contributed by atoms with Gasteiger partial charge in [-0.2, -0.15) is 0 Å². The third-order valence-corrected chi connectivity index (χ3v) is 6.63. The molecule has 138 valence electrons. The number of benzene rings is 2. The van der Waals surface area contributed by atoms with Gasteiger partial charge in [0.05, 0.1) is 0 Å². The Kier molecular flexibility index (Phi) is 6.28. The summed E-state index contributed by atoms with van der Waals surface area (Å²) in [6.07, 6.45) is 3.36. The van der Waals surface area contributed by atoms with E-state index < -0.39 is 0 Å². The molecular weight excluding hydrogens is 364 g/mol. The van der Waals surface area contributed by atoms with Crippen molar-refractivity contribution in [1.82, 2.24) is 10.6 Å². The molecule has 2 fully saturated rings. The second-order valence-corrected chi connectivity index (χ2v) is 8.23. The van der Waals surface area contributed by atoms with Gasteiger partial charge in [-0.05, 0) is 61.5 Å². The lowest BCUT2D eigenvalue weighted by molar-refractivity contribution is -0.123. The third-order valence-electron chi connectivity index (χ3n) is 5.50. The zero-order chi connectivity index (χ0) is 17.1. The van der Waals surface area contributed by atoms with Gasteiger partial charge in [0.25, 0.3) is 0 Å². The second kappa shape index (κ2) is 8.47.